The molecule has 0 aliphatic heterocycles. The summed E-state index contributed by atoms with van der Waals surface area (Å²) >= 11 is 0. The number of amides is 7. The van der Waals surface area contributed by atoms with Crippen molar-refractivity contribution in [2.24, 2.45) is 0 Å². The molecule has 0 radical (unpaired) electrons. The van der Waals surface area contributed by atoms with Crippen molar-refractivity contribution in [1.82, 2.24) is 37.2 Å². The number of unbranched alkanes of at least 4 members (excludes halogenated alkanes) is 3. The van der Waals surface area contributed by atoms with Crippen LogP contribution in [-0.2, 0) is 55.0 Å². The summed E-state index contributed by atoms with van der Waals surface area (Å²) in [6.45, 7) is 10.1. The van der Waals surface area contributed by atoms with Gasteiger partial charge in [-0.3, -0.25) is 33.6 Å². The van der Waals surface area contributed by atoms with Crippen molar-refractivity contribution < 1.29 is 52.9 Å². The fourth-order valence-electron chi connectivity index (χ4n) is 8.85. The first-order valence-electron chi connectivity index (χ1n) is 27.9. The van der Waals surface area contributed by atoms with Crippen molar-refractivity contribution in [2.75, 3.05) is 26.4 Å². The molecule has 18 nitrogen and oxygen atoms in total. The zero-order valence-electron chi connectivity index (χ0n) is 47.3. The summed E-state index contributed by atoms with van der Waals surface area (Å²) < 4.78 is 11.6. The summed E-state index contributed by atoms with van der Waals surface area (Å²) in [7, 11) is 0. The van der Waals surface area contributed by atoms with Gasteiger partial charge < -0.3 is 51.8 Å². The van der Waals surface area contributed by atoms with Crippen LogP contribution < -0.4 is 37.2 Å². The second-order valence-electron chi connectivity index (χ2n) is 20.0. The first kappa shape index (κ1) is 63.6. The average Bonchev–Trinajstić information content (AvgIpc) is 3.59. The number of carbonyl (C=O) groups is 8. The highest BCUT2D eigenvalue weighted by atomic mass is 16.5. The molecule has 0 fully saturated rings. The minimum absolute atomic E-state index is 0.170. The van der Waals surface area contributed by atoms with Crippen molar-refractivity contribution in [3.63, 3.8) is 0 Å². The van der Waals surface area contributed by atoms with E-state index in [9.17, 15) is 43.5 Å². The standard InChI is InChI=1S/C63H79N7O11/c1-7-10-22-45-29-31-46(32-30-45)47-33-35-48(36-34-47)59(75)68-53(41-80-37-11-8-2)60(76)65-42(4)57(73)64-40-55(72)69-56(44(6)81-38-12-9-3)61(77)66-43(5)58(74)67-52(62(78)79)39-54(71)70-63(49-23-16-13-17-24-49,50-25-18-14-19-26-50)51-27-20-15-21-28-51/h13-21,23-36,42-44,52-53,56H,7-12,22,37-41H2,1-6H3,(H,64,73)(H,65,76)(H,66,77)(H,67,74)(H,68,75)(H,69,72)(H,70,71)(H,78,79)/t42-,43+,44?,52+,53-,56+/m1/s1. The zero-order valence-corrected chi connectivity index (χ0v) is 47.3. The maximum absolute atomic E-state index is 14.1. The number of aliphatic carboxylic acids is 1. The third-order valence-corrected chi connectivity index (χ3v) is 13.6. The number of aryl methyl sites for hydroxylation is 1. The number of hydrogen-bond acceptors (Lipinski definition) is 10. The van der Waals surface area contributed by atoms with Gasteiger partial charge in [0.05, 0.1) is 25.7 Å². The van der Waals surface area contributed by atoms with E-state index in [1.54, 1.807) is 19.1 Å². The van der Waals surface area contributed by atoms with Gasteiger partial charge in [0.25, 0.3) is 5.91 Å². The van der Waals surface area contributed by atoms with Crippen LogP contribution in [0.15, 0.2) is 140 Å². The van der Waals surface area contributed by atoms with Gasteiger partial charge in [0.1, 0.15) is 35.7 Å². The lowest BCUT2D eigenvalue weighted by Gasteiger charge is -2.37. The fourth-order valence-corrected chi connectivity index (χ4v) is 8.85. The van der Waals surface area contributed by atoms with E-state index in [-0.39, 0.29) is 13.2 Å². The molecule has 1 unspecified atom stereocenters. The van der Waals surface area contributed by atoms with Gasteiger partial charge in [-0.25, -0.2) is 4.79 Å². The topological polar surface area (TPSA) is 259 Å². The first-order chi connectivity index (χ1) is 39.0. The van der Waals surface area contributed by atoms with Crippen LogP contribution in [0.2, 0.25) is 0 Å². The van der Waals surface area contributed by atoms with Crippen LogP contribution in [0, 0.1) is 0 Å². The Morgan fingerprint density at radius 3 is 1.56 bits per heavy atom. The highest BCUT2D eigenvalue weighted by molar-refractivity contribution is 5.99. The van der Waals surface area contributed by atoms with E-state index in [2.05, 4.69) is 56.3 Å². The number of nitrogens with one attached hydrogen (secondary N) is 7. The van der Waals surface area contributed by atoms with Crippen molar-refractivity contribution in [3.05, 3.63) is 167 Å². The largest absolute Gasteiger partial charge is 0.480 e. The summed E-state index contributed by atoms with van der Waals surface area (Å²) in [5, 5.41) is 28.6. The van der Waals surface area contributed by atoms with Crippen molar-refractivity contribution in [1.29, 1.82) is 0 Å². The van der Waals surface area contributed by atoms with Crippen LogP contribution in [0.1, 0.15) is 119 Å². The molecule has 8 N–H and O–H groups in total. The van der Waals surface area contributed by atoms with Gasteiger partial charge in [-0.15, -0.1) is 0 Å². The lowest BCUT2D eigenvalue weighted by molar-refractivity contribution is -0.144. The summed E-state index contributed by atoms with van der Waals surface area (Å²) in [5.74, 6) is -6.78. The van der Waals surface area contributed by atoms with Crippen molar-refractivity contribution in [2.45, 2.75) is 135 Å². The third kappa shape index (κ3) is 19.2. The molecule has 0 spiro atoms. The number of carboxylic acid groups (broad SMARTS) is 1. The first-order valence-corrected chi connectivity index (χ1v) is 27.9. The molecule has 5 aromatic rings. The van der Waals surface area contributed by atoms with Crippen LogP contribution in [0.25, 0.3) is 11.1 Å². The van der Waals surface area contributed by atoms with Crippen LogP contribution >= 0.6 is 0 Å². The van der Waals surface area contributed by atoms with Crippen LogP contribution in [0.4, 0.5) is 0 Å². The van der Waals surface area contributed by atoms with E-state index in [1.807, 2.05) is 129 Å². The molecule has 0 aromatic heterocycles. The minimum atomic E-state index is -1.73. The summed E-state index contributed by atoms with van der Waals surface area (Å²) in [6, 6.07) is 36.1. The highest BCUT2D eigenvalue weighted by Gasteiger charge is 2.39. The highest BCUT2D eigenvalue weighted by Crippen LogP contribution is 2.37. The van der Waals surface area contributed by atoms with E-state index in [1.165, 1.54) is 19.4 Å². The Morgan fingerprint density at radius 2 is 1.02 bits per heavy atom. The quantitative estimate of drug-likeness (QED) is 0.0166. The normalized spacial score (nSPS) is 13.4. The maximum Gasteiger partial charge on any atom is 0.326 e. The van der Waals surface area contributed by atoms with E-state index < -0.39 is 102 Å². The molecule has 0 saturated heterocycles. The van der Waals surface area contributed by atoms with E-state index in [4.69, 9.17) is 9.47 Å². The van der Waals surface area contributed by atoms with Gasteiger partial charge in [-0.05, 0) is 92.0 Å². The zero-order chi connectivity index (χ0) is 58.7. The molecule has 5 rings (SSSR count). The van der Waals surface area contributed by atoms with Gasteiger partial charge in [-0.2, -0.15) is 0 Å². The van der Waals surface area contributed by atoms with Gasteiger partial charge in [0.15, 0.2) is 0 Å². The number of carbonyl (C=O) groups excluding carboxylic acids is 7. The Balaban J connectivity index is 1.19. The Morgan fingerprint density at radius 1 is 0.519 bits per heavy atom. The van der Waals surface area contributed by atoms with E-state index in [0.29, 0.717) is 35.3 Å². The Hall–Kier alpha value is -8.22. The molecule has 6 atom stereocenters. The van der Waals surface area contributed by atoms with Gasteiger partial charge in [-0.1, -0.05) is 167 Å². The van der Waals surface area contributed by atoms with E-state index >= 15 is 0 Å². The molecule has 18 heteroatoms. The smallest absolute Gasteiger partial charge is 0.326 e. The summed E-state index contributed by atoms with van der Waals surface area (Å²) in [4.78, 5) is 108. The number of ether oxygens (including phenoxy) is 2. The molecule has 0 heterocycles. The van der Waals surface area contributed by atoms with Crippen LogP contribution in [0.3, 0.4) is 0 Å². The molecule has 81 heavy (non-hydrogen) atoms. The monoisotopic (exact) mass is 1110 g/mol. The number of rotatable bonds is 33. The number of carboxylic acids is 1. The number of hydrogen-bond donors (Lipinski definition) is 8. The molecule has 7 amide bonds. The molecular formula is C63H79N7O11. The predicted octanol–water partition coefficient (Wildman–Crippen LogP) is 6.49. The maximum atomic E-state index is 14.1. The third-order valence-electron chi connectivity index (χ3n) is 13.6. The molecule has 432 valence electrons. The Kier molecular flexibility index (Phi) is 25.7. The van der Waals surface area contributed by atoms with Crippen LogP contribution in [-0.4, -0.2) is 115 Å². The van der Waals surface area contributed by atoms with E-state index in [0.717, 1.165) is 49.7 Å². The lowest BCUT2D eigenvalue weighted by atomic mass is 9.77. The molecule has 5 aromatic carbocycles. The second kappa shape index (κ2) is 32.8. The van der Waals surface area contributed by atoms with Gasteiger partial charge in [0.2, 0.25) is 35.4 Å². The molecule has 0 bridgehead atoms. The molecule has 0 saturated carbocycles. The Labute approximate surface area is 475 Å². The van der Waals surface area contributed by atoms with Gasteiger partial charge in [0, 0.05) is 18.8 Å². The SMILES string of the molecule is CCCCOC[C@@H](NC(=O)c1ccc(-c2ccc(CCCC)cc2)cc1)C(=O)N[C@H](C)C(=O)NCC(=O)N[C@H](C(=O)N[C@@H](C)C(=O)N[C@@H](CC(=O)NC(c1ccccc1)(c1ccccc1)c1ccccc1)C(=O)O)C(C)OCCCC. The second-order valence-corrected chi connectivity index (χ2v) is 20.0. The van der Waals surface area contributed by atoms with Gasteiger partial charge >= 0.3 is 5.97 Å². The van der Waals surface area contributed by atoms with Crippen molar-refractivity contribution >= 4 is 47.3 Å². The van der Waals surface area contributed by atoms with Crippen molar-refractivity contribution in [3.8, 4) is 11.1 Å². The number of benzene rings is 5. The fraction of sp³-hybridized carbons (Fsp3) is 0.397. The summed E-state index contributed by atoms with van der Waals surface area (Å²) in [6.07, 6.45) is 4.58. The predicted molar refractivity (Wildman–Crippen MR) is 309 cm³/mol. The summed E-state index contributed by atoms with van der Waals surface area (Å²) in [5.41, 5.74) is 4.34. The molecule has 0 aliphatic rings. The van der Waals surface area contributed by atoms with Crippen LogP contribution in [0.5, 0.6) is 0 Å². The Bertz CT molecular complexity index is 2720. The molecular weight excluding hydrogens is 1030 g/mol. The lowest BCUT2D eigenvalue weighted by Crippen LogP contribution is -2.59. The molecule has 0 aliphatic carbocycles. The minimum Gasteiger partial charge on any atom is -0.480 e. The average molecular weight is 1110 g/mol.